The highest BCUT2D eigenvalue weighted by molar-refractivity contribution is 5.94. The van der Waals surface area contributed by atoms with Gasteiger partial charge in [-0.2, -0.15) is 0 Å². The number of methoxy groups -OCH3 is 1. The fourth-order valence-corrected chi connectivity index (χ4v) is 1.45. The van der Waals surface area contributed by atoms with Crippen LogP contribution in [0.1, 0.15) is 19.3 Å². The standard InChI is InChI=1S/C9H16N2O3/c1-14-9(13)6-8(12)11-7-2-4-10-5-3-7/h7,10H,2-6H2,1H3,(H,11,12). The lowest BCUT2D eigenvalue weighted by Gasteiger charge is -2.23. The zero-order valence-electron chi connectivity index (χ0n) is 8.34. The minimum atomic E-state index is -0.489. The lowest BCUT2D eigenvalue weighted by atomic mass is 10.1. The summed E-state index contributed by atoms with van der Waals surface area (Å²) in [6, 6.07) is 0.202. The maximum Gasteiger partial charge on any atom is 0.315 e. The molecule has 0 unspecified atom stereocenters. The highest BCUT2D eigenvalue weighted by Crippen LogP contribution is 2.02. The summed E-state index contributed by atoms with van der Waals surface area (Å²) in [4.78, 5) is 22.0. The first-order valence-corrected chi connectivity index (χ1v) is 4.79. The summed E-state index contributed by atoms with van der Waals surface area (Å²) in [6.45, 7) is 1.84. The van der Waals surface area contributed by atoms with Crippen molar-refractivity contribution in [2.45, 2.75) is 25.3 Å². The number of hydrogen-bond acceptors (Lipinski definition) is 4. The molecule has 0 aliphatic carbocycles. The Kier molecular flexibility index (Phi) is 4.39. The zero-order valence-corrected chi connectivity index (χ0v) is 8.34. The van der Waals surface area contributed by atoms with Gasteiger partial charge in [-0.15, -0.1) is 0 Å². The summed E-state index contributed by atoms with van der Waals surface area (Å²) in [7, 11) is 1.28. The Bertz CT molecular complexity index is 212. The Labute approximate surface area is 83.2 Å². The van der Waals surface area contributed by atoms with Gasteiger partial charge in [0, 0.05) is 6.04 Å². The molecule has 0 spiro atoms. The van der Waals surface area contributed by atoms with Crippen molar-refractivity contribution in [3.63, 3.8) is 0 Å². The molecule has 80 valence electrons. The number of piperidine rings is 1. The van der Waals surface area contributed by atoms with E-state index in [0.717, 1.165) is 25.9 Å². The van der Waals surface area contributed by atoms with Crippen molar-refractivity contribution >= 4 is 11.9 Å². The van der Waals surface area contributed by atoms with E-state index >= 15 is 0 Å². The van der Waals surface area contributed by atoms with E-state index in [-0.39, 0.29) is 18.4 Å². The van der Waals surface area contributed by atoms with Crippen LogP contribution in [0, 0.1) is 0 Å². The molecule has 1 fully saturated rings. The number of ether oxygens (including phenoxy) is 1. The monoisotopic (exact) mass is 200 g/mol. The van der Waals surface area contributed by atoms with Gasteiger partial charge in [0.1, 0.15) is 6.42 Å². The third-order valence-electron chi connectivity index (χ3n) is 2.24. The molecule has 1 rings (SSSR count). The fraction of sp³-hybridized carbons (Fsp3) is 0.778. The van der Waals surface area contributed by atoms with Gasteiger partial charge in [0.05, 0.1) is 7.11 Å². The number of carbonyl (C=O) groups excluding carboxylic acids is 2. The Morgan fingerprint density at radius 3 is 2.64 bits per heavy atom. The normalized spacial score (nSPS) is 17.5. The predicted molar refractivity (Wildman–Crippen MR) is 50.7 cm³/mol. The van der Waals surface area contributed by atoms with Gasteiger partial charge in [-0.1, -0.05) is 0 Å². The van der Waals surface area contributed by atoms with E-state index < -0.39 is 5.97 Å². The van der Waals surface area contributed by atoms with Crippen LogP contribution in [-0.2, 0) is 14.3 Å². The molecule has 1 aliphatic heterocycles. The quantitative estimate of drug-likeness (QED) is 0.472. The van der Waals surface area contributed by atoms with Crippen molar-refractivity contribution in [3.05, 3.63) is 0 Å². The summed E-state index contributed by atoms with van der Waals surface area (Å²) in [5.41, 5.74) is 0. The summed E-state index contributed by atoms with van der Waals surface area (Å²) in [6.07, 6.45) is 1.67. The number of carbonyl (C=O) groups is 2. The Morgan fingerprint density at radius 2 is 2.07 bits per heavy atom. The van der Waals surface area contributed by atoms with Crippen molar-refractivity contribution in [1.29, 1.82) is 0 Å². The second-order valence-electron chi connectivity index (χ2n) is 3.34. The van der Waals surface area contributed by atoms with Crippen LogP contribution in [0.4, 0.5) is 0 Å². The molecule has 0 aromatic heterocycles. The van der Waals surface area contributed by atoms with Crippen molar-refractivity contribution in [3.8, 4) is 0 Å². The number of nitrogens with one attached hydrogen (secondary N) is 2. The molecule has 5 nitrogen and oxygen atoms in total. The molecule has 0 radical (unpaired) electrons. The Morgan fingerprint density at radius 1 is 1.43 bits per heavy atom. The number of hydrogen-bond donors (Lipinski definition) is 2. The fourth-order valence-electron chi connectivity index (χ4n) is 1.45. The average molecular weight is 200 g/mol. The summed E-state index contributed by atoms with van der Waals surface area (Å²) in [5.74, 6) is -0.736. The molecule has 1 aliphatic rings. The van der Waals surface area contributed by atoms with E-state index in [1.807, 2.05) is 0 Å². The number of rotatable bonds is 3. The second-order valence-corrected chi connectivity index (χ2v) is 3.34. The molecular weight excluding hydrogens is 184 g/mol. The first-order valence-electron chi connectivity index (χ1n) is 4.79. The molecule has 2 N–H and O–H groups in total. The summed E-state index contributed by atoms with van der Waals surface area (Å²) >= 11 is 0. The van der Waals surface area contributed by atoms with Crippen LogP contribution in [0.3, 0.4) is 0 Å². The second kappa shape index (κ2) is 5.59. The predicted octanol–water partition coefficient (Wildman–Crippen LogP) is -0.582. The highest BCUT2D eigenvalue weighted by Gasteiger charge is 2.17. The van der Waals surface area contributed by atoms with E-state index in [1.54, 1.807) is 0 Å². The largest absolute Gasteiger partial charge is 0.469 e. The van der Waals surface area contributed by atoms with Crippen LogP contribution in [-0.4, -0.2) is 38.1 Å². The first-order chi connectivity index (χ1) is 6.72. The third kappa shape index (κ3) is 3.74. The van der Waals surface area contributed by atoms with Gasteiger partial charge < -0.3 is 15.4 Å². The average Bonchev–Trinajstić information content (AvgIpc) is 2.19. The van der Waals surface area contributed by atoms with Gasteiger partial charge >= 0.3 is 5.97 Å². The van der Waals surface area contributed by atoms with Gasteiger partial charge in [-0.25, -0.2) is 0 Å². The SMILES string of the molecule is COC(=O)CC(=O)NC1CCNCC1. The smallest absolute Gasteiger partial charge is 0.315 e. The van der Waals surface area contributed by atoms with E-state index in [2.05, 4.69) is 15.4 Å². The first kappa shape index (κ1) is 11.0. The van der Waals surface area contributed by atoms with E-state index in [1.165, 1.54) is 7.11 Å². The molecule has 0 bridgehead atoms. The lowest BCUT2D eigenvalue weighted by Crippen LogP contribution is -2.43. The van der Waals surface area contributed by atoms with E-state index in [9.17, 15) is 9.59 Å². The molecule has 0 atom stereocenters. The number of amides is 1. The van der Waals surface area contributed by atoms with Crippen LogP contribution in [0.25, 0.3) is 0 Å². The van der Waals surface area contributed by atoms with E-state index in [4.69, 9.17) is 0 Å². The maximum absolute atomic E-state index is 11.2. The Balaban J connectivity index is 2.21. The summed E-state index contributed by atoms with van der Waals surface area (Å²) in [5, 5.41) is 6.00. The van der Waals surface area contributed by atoms with Crippen LogP contribution >= 0.6 is 0 Å². The third-order valence-corrected chi connectivity index (χ3v) is 2.24. The van der Waals surface area contributed by atoms with Crippen LogP contribution in [0.5, 0.6) is 0 Å². The maximum atomic E-state index is 11.2. The molecular formula is C9H16N2O3. The van der Waals surface area contributed by atoms with Crippen molar-refractivity contribution in [1.82, 2.24) is 10.6 Å². The van der Waals surface area contributed by atoms with Crippen molar-refractivity contribution < 1.29 is 14.3 Å². The topological polar surface area (TPSA) is 67.4 Å². The highest BCUT2D eigenvalue weighted by atomic mass is 16.5. The molecule has 1 amide bonds. The van der Waals surface area contributed by atoms with Crippen LogP contribution in [0.2, 0.25) is 0 Å². The number of esters is 1. The van der Waals surface area contributed by atoms with E-state index in [0.29, 0.717) is 0 Å². The zero-order chi connectivity index (χ0) is 10.4. The molecule has 0 aromatic rings. The molecule has 0 aromatic carbocycles. The minimum absolute atomic E-state index is 0.180. The van der Waals surface area contributed by atoms with Gasteiger partial charge in [-0.05, 0) is 25.9 Å². The summed E-state index contributed by atoms with van der Waals surface area (Å²) < 4.78 is 4.40. The Hall–Kier alpha value is -1.10. The van der Waals surface area contributed by atoms with Crippen molar-refractivity contribution in [2.24, 2.45) is 0 Å². The van der Waals surface area contributed by atoms with Gasteiger partial charge in [0.15, 0.2) is 0 Å². The van der Waals surface area contributed by atoms with Crippen LogP contribution < -0.4 is 10.6 Å². The van der Waals surface area contributed by atoms with Crippen LogP contribution in [0.15, 0.2) is 0 Å². The van der Waals surface area contributed by atoms with Gasteiger partial charge in [-0.3, -0.25) is 9.59 Å². The molecule has 5 heteroatoms. The molecule has 14 heavy (non-hydrogen) atoms. The van der Waals surface area contributed by atoms with Gasteiger partial charge in [0.2, 0.25) is 5.91 Å². The molecule has 1 saturated heterocycles. The van der Waals surface area contributed by atoms with Crippen molar-refractivity contribution in [2.75, 3.05) is 20.2 Å². The molecule has 0 saturated carbocycles. The molecule has 1 heterocycles. The minimum Gasteiger partial charge on any atom is -0.469 e. The lowest BCUT2D eigenvalue weighted by molar-refractivity contribution is -0.143. The van der Waals surface area contributed by atoms with Gasteiger partial charge in [0.25, 0.3) is 0 Å².